The average molecular weight is 268 g/mol. The maximum atomic E-state index is 13.2. The molecule has 0 aromatic heterocycles. The summed E-state index contributed by atoms with van der Waals surface area (Å²) in [7, 11) is 0. The lowest BCUT2D eigenvalue weighted by Gasteiger charge is -2.04. The zero-order valence-corrected chi connectivity index (χ0v) is 10.4. The summed E-state index contributed by atoms with van der Waals surface area (Å²) in [4.78, 5) is 12.3. The van der Waals surface area contributed by atoms with E-state index in [2.05, 4.69) is 0 Å². The Hall–Kier alpha value is -2.55. The summed E-state index contributed by atoms with van der Waals surface area (Å²) < 4.78 is 26.1. The Kier molecular flexibility index (Phi) is 3.03. The summed E-state index contributed by atoms with van der Waals surface area (Å²) in [5, 5.41) is 1.95. The van der Waals surface area contributed by atoms with Gasteiger partial charge in [-0.1, -0.05) is 36.4 Å². The second kappa shape index (κ2) is 4.85. The summed E-state index contributed by atoms with van der Waals surface area (Å²) in [5.74, 6) is -2.30. The molecule has 0 heterocycles. The van der Waals surface area contributed by atoms with Gasteiger partial charge < -0.3 is 0 Å². The molecule has 0 unspecified atom stereocenters. The van der Waals surface area contributed by atoms with Crippen molar-refractivity contribution in [3.63, 3.8) is 0 Å². The minimum Gasteiger partial charge on any atom is -0.289 e. The molecule has 0 N–H and O–H groups in total. The number of hydrogen-bond acceptors (Lipinski definition) is 1. The molecule has 0 fully saturated rings. The van der Waals surface area contributed by atoms with Gasteiger partial charge in [0.05, 0.1) is 0 Å². The normalized spacial score (nSPS) is 10.7. The van der Waals surface area contributed by atoms with Gasteiger partial charge in [0.2, 0.25) is 0 Å². The highest BCUT2D eigenvalue weighted by Crippen LogP contribution is 2.19. The van der Waals surface area contributed by atoms with Crippen molar-refractivity contribution in [3.05, 3.63) is 83.4 Å². The highest BCUT2D eigenvalue weighted by atomic mass is 19.2. The third-order valence-corrected chi connectivity index (χ3v) is 3.19. The second-order valence-electron chi connectivity index (χ2n) is 4.52. The van der Waals surface area contributed by atoms with E-state index >= 15 is 0 Å². The van der Waals surface area contributed by atoms with Crippen LogP contribution in [0.4, 0.5) is 8.78 Å². The van der Waals surface area contributed by atoms with Gasteiger partial charge in [-0.15, -0.1) is 0 Å². The van der Waals surface area contributed by atoms with E-state index in [4.69, 9.17) is 0 Å². The van der Waals surface area contributed by atoms with Gasteiger partial charge in [-0.05, 0) is 35.0 Å². The van der Waals surface area contributed by atoms with E-state index in [0.717, 1.165) is 22.9 Å². The molecule has 3 heteroatoms. The molecule has 0 atom stereocenters. The molecule has 20 heavy (non-hydrogen) atoms. The summed E-state index contributed by atoms with van der Waals surface area (Å²) in [6.45, 7) is 0. The zero-order valence-electron chi connectivity index (χ0n) is 10.4. The van der Waals surface area contributed by atoms with Gasteiger partial charge in [-0.3, -0.25) is 4.79 Å². The van der Waals surface area contributed by atoms with Crippen molar-refractivity contribution in [2.45, 2.75) is 0 Å². The third-order valence-electron chi connectivity index (χ3n) is 3.19. The standard InChI is InChI=1S/C17H10F2O/c18-15-8-7-14(10-16(15)19)17(20)13-6-5-11-3-1-2-4-12(11)9-13/h1-10H. The van der Waals surface area contributed by atoms with Crippen molar-refractivity contribution in [2.24, 2.45) is 0 Å². The average Bonchev–Trinajstić information content (AvgIpc) is 2.49. The number of halogens is 2. The summed E-state index contributed by atoms with van der Waals surface area (Å²) in [5.41, 5.74) is 0.592. The Morgan fingerprint density at radius 3 is 2.10 bits per heavy atom. The molecule has 3 aromatic rings. The fourth-order valence-corrected chi connectivity index (χ4v) is 2.13. The first-order chi connectivity index (χ1) is 9.65. The van der Waals surface area contributed by atoms with Crippen molar-refractivity contribution >= 4 is 16.6 Å². The Bertz CT molecular complexity index is 809. The molecule has 98 valence electrons. The number of hydrogen-bond donors (Lipinski definition) is 0. The number of ketones is 1. The molecule has 0 amide bonds. The fraction of sp³-hybridized carbons (Fsp3) is 0. The Morgan fingerprint density at radius 1 is 0.700 bits per heavy atom. The van der Waals surface area contributed by atoms with Crippen LogP contribution in [-0.4, -0.2) is 5.78 Å². The van der Waals surface area contributed by atoms with Crippen molar-refractivity contribution < 1.29 is 13.6 Å². The van der Waals surface area contributed by atoms with E-state index in [0.29, 0.717) is 5.56 Å². The van der Waals surface area contributed by atoms with E-state index < -0.39 is 11.6 Å². The highest BCUT2D eigenvalue weighted by Gasteiger charge is 2.12. The Labute approximate surface area is 114 Å². The third kappa shape index (κ3) is 2.18. The van der Waals surface area contributed by atoms with Gasteiger partial charge in [0.1, 0.15) is 0 Å². The van der Waals surface area contributed by atoms with Gasteiger partial charge in [-0.25, -0.2) is 8.78 Å². The SMILES string of the molecule is O=C(c1ccc(F)c(F)c1)c1ccc2ccccc2c1. The number of carbonyl (C=O) groups is 1. The second-order valence-corrected chi connectivity index (χ2v) is 4.52. The molecule has 1 nitrogen and oxygen atoms in total. The topological polar surface area (TPSA) is 17.1 Å². The molecule has 0 spiro atoms. The first-order valence-electron chi connectivity index (χ1n) is 6.14. The van der Waals surface area contributed by atoms with Crippen molar-refractivity contribution in [1.29, 1.82) is 0 Å². The van der Waals surface area contributed by atoms with E-state index in [1.54, 1.807) is 12.1 Å². The Balaban J connectivity index is 2.05. The van der Waals surface area contributed by atoms with Gasteiger partial charge >= 0.3 is 0 Å². The van der Waals surface area contributed by atoms with Crippen LogP contribution >= 0.6 is 0 Å². The number of rotatable bonds is 2. The van der Waals surface area contributed by atoms with Crippen LogP contribution < -0.4 is 0 Å². The van der Waals surface area contributed by atoms with Gasteiger partial charge in [-0.2, -0.15) is 0 Å². The molecule has 0 aliphatic heterocycles. The molecule has 3 aromatic carbocycles. The predicted octanol–water partition coefficient (Wildman–Crippen LogP) is 4.35. The summed E-state index contributed by atoms with van der Waals surface area (Å²) >= 11 is 0. The molecular weight excluding hydrogens is 258 g/mol. The van der Waals surface area contributed by atoms with Crippen molar-refractivity contribution in [2.75, 3.05) is 0 Å². The molecule has 3 rings (SSSR count). The van der Waals surface area contributed by atoms with E-state index in [9.17, 15) is 13.6 Å². The molecular formula is C17H10F2O. The Morgan fingerprint density at radius 2 is 1.35 bits per heavy atom. The van der Waals surface area contributed by atoms with Gasteiger partial charge in [0.25, 0.3) is 0 Å². The minimum atomic E-state index is -1.02. The van der Waals surface area contributed by atoms with E-state index in [1.807, 2.05) is 30.3 Å². The molecule has 0 saturated heterocycles. The molecule has 0 saturated carbocycles. The first kappa shape index (κ1) is 12.5. The summed E-state index contributed by atoms with van der Waals surface area (Å²) in [6, 6.07) is 16.1. The monoisotopic (exact) mass is 268 g/mol. The van der Waals surface area contributed by atoms with Gasteiger partial charge in [0, 0.05) is 11.1 Å². The minimum absolute atomic E-state index is 0.138. The van der Waals surface area contributed by atoms with Crippen LogP contribution in [0, 0.1) is 11.6 Å². The number of carbonyl (C=O) groups excluding carboxylic acids is 1. The lowest BCUT2D eigenvalue weighted by atomic mass is 10.00. The smallest absolute Gasteiger partial charge is 0.193 e. The lowest BCUT2D eigenvalue weighted by Crippen LogP contribution is -2.02. The van der Waals surface area contributed by atoms with Crippen LogP contribution in [0.2, 0.25) is 0 Å². The largest absolute Gasteiger partial charge is 0.289 e. The van der Waals surface area contributed by atoms with Crippen LogP contribution in [0.1, 0.15) is 15.9 Å². The van der Waals surface area contributed by atoms with Gasteiger partial charge in [0.15, 0.2) is 17.4 Å². The molecule has 0 radical (unpaired) electrons. The van der Waals surface area contributed by atoms with E-state index in [1.165, 1.54) is 6.07 Å². The van der Waals surface area contributed by atoms with Crippen LogP contribution in [0.25, 0.3) is 10.8 Å². The summed E-state index contributed by atoms with van der Waals surface area (Å²) in [6.07, 6.45) is 0. The maximum absolute atomic E-state index is 13.2. The fourth-order valence-electron chi connectivity index (χ4n) is 2.13. The predicted molar refractivity (Wildman–Crippen MR) is 73.7 cm³/mol. The maximum Gasteiger partial charge on any atom is 0.193 e. The van der Waals surface area contributed by atoms with Crippen LogP contribution in [0.15, 0.2) is 60.7 Å². The molecule has 0 aliphatic carbocycles. The lowest BCUT2D eigenvalue weighted by molar-refractivity contribution is 0.103. The highest BCUT2D eigenvalue weighted by molar-refractivity contribution is 6.10. The van der Waals surface area contributed by atoms with E-state index in [-0.39, 0.29) is 11.3 Å². The first-order valence-corrected chi connectivity index (χ1v) is 6.14. The zero-order chi connectivity index (χ0) is 14.1. The number of fused-ring (bicyclic) bond motifs is 1. The molecule has 0 bridgehead atoms. The van der Waals surface area contributed by atoms with Crippen LogP contribution in [0.3, 0.4) is 0 Å². The van der Waals surface area contributed by atoms with Crippen LogP contribution in [0.5, 0.6) is 0 Å². The quantitative estimate of drug-likeness (QED) is 0.631. The number of benzene rings is 3. The van der Waals surface area contributed by atoms with Crippen LogP contribution in [-0.2, 0) is 0 Å². The van der Waals surface area contributed by atoms with Crippen molar-refractivity contribution in [1.82, 2.24) is 0 Å². The molecule has 0 aliphatic rings. The van der Waals surface area contributed by atoms with Crippen molar-refractivity contribution in [3.8, 4) is 0 Å².